The molecule has 1 heterocycles. The number of esters is 1. The molecule has 0 saturated heterocycles. The van der Waals surface area contributed by atoms with Crippen LogP contribution in [0.2, 0.25) is 0 Å². The first-order chi connectivity index (χ1) is 14.7. The minimum atomic E-state index is -0.491. The van der Waals surface area contributed by atoms with Crippen molar-refractivity contribution in [2.75, 3.05) is 25.6 Å². The fraction of sp³-hybridized carbons (Fsp3) is 0.261. The molecule has 7 nitrogen and oxygen atoms in total. The second kappa shape index (κ2) is 10.9. The molecule has 0 aliphatic heterocycles. The quantitative estimate of drug-likeness (QED) is 0.411. The number of aromatic nitrogens is 2. The van der Waals surface area contributed by atoms with Crippen molar-refractivity contribution >= 4 is 11.8 Å². The number of benzene rings is 2. The van der Waals surface area contributed by atoms with E-state index < -0.39 is 5.97 Å². The lowest BCUT2D eigenvalue weighted by Crippen LogP contribution is -2.30. The Balaban J connectivity index is 1.81. The van der Waals surface area contributed by atoms with Crippen LogP contribution in [-0.4, -0.2) is 35.8 Å². The first kappa shape index (κ1) is 21.3. The van der Waals surface area contributed by atoms with E-state index in [9.17, 15) is 9.59 Å². The lowest BCUT2D eigenvalue weighted by atomic mass is 10.1. The molecule has 0 unspecified atom stereocenters. The molecule has 0 saturated carbocycles. The highest BCUT2D eigenvalue weighted by Crippen LogP contribution is 2.18. The highest BCUT2D eigenvalue weighted by Gasteiger charge is 2.15. The van der Waals surface area contributed by atoms with Crippen LogP contribution in [-0.2, 0) is 27.4 Å². The molecule has 3 aromatic rings. The van der Waals surface area contributed by atoms with Gasteiger partial charge in [0.25, 0.3) is 5.56 Å². The number of carbonyl (C=O) groups is 1. The summed E-state index contributed by atoms with van der Waals surface area (Å²) in [5.74, 6) is -0.295. The number of rotatable bonds is 10. The molecule has 1 aromatic heterocycles. The van der Waals surface area contributed by atoms with Gasteiger partial charge >= 0.3 is 5.97 Å². The summed E-state index contributed by atoms with van der Waals surface area (Å²) in [6, 6.07) is 18.8. The van der Waals surface area contributed by atoms with Crippen molar-refractivity contribution in [3.63, 3.8) is 0 Å². The molecule has 0 bridgehead atoms. The van der Waals surface area contributed by atoms with Gasteiger partial charge in [-0.15, -0.1) is 0 Å². The second-order valence-electron chi connectivity index (χ2n) is 6.67. The van der Waals surface area contributed by atoms with Crippen LogP contribution in [0.5, 0.6) is 0 Å². The average molecular weight is 407 g/mol. The van der Waals surface area contributed by atoms with Crippen molar-refractivity contribution in [2.45, 2.75) is 19.6 Å². The van der Waals surface area contributed by atoms with E-state index in [4.69, 9.17) is 9.47 Å². The van der Waals surface area contributed by atoms with Gasteiger partial charge in [-0.3, -0.25) is 14.2 Å². The molecule has 0 radical (unpaired) electrons. The summed E-state index contributed by atoms with van der Waals surface area (Å²) < 4.78 is 11.8. The summed E-state index contributed by atoms with van der Waals surface area (Å²) in [6.07, 6.45) is 2.33. The molecular formula is C23H25N3O4. The largest absolute Gasteiger partial charge is 0.459 e. The van der Waals surface area contributed by atoms with E-state index in [1.807, 2.05) is 60.7 Å². The van der Waals surface area contributed by atoms with Gasteiger partial charge in [0.1, 0.15) is 13.2 Å². The Morgan fingerprint density at radius 1 is 1.07 bits per heavy atom. The van der Waals surface area contributed by atoms with E-state index >= 15 is 0 Å². The molecule has 2 aromatic carbocycles. The van der Waals surface area contributed by atoms with Gasteiger partial charge in [0, 0.05) is 20.3 Å². The Labute approximate surface area is 175 Å². The van der Waals surface area contributed by atoms with E-state index in [-0.39, 0.29) is 24.5 Å². The van der Waals surface area contributed by atoms with E-state index in [0.29, 0.717) is 18.8 Å². The number of nitrogens with one attached hydrogen (secondary N) is 1. The number of anilines is 1. The molecule has 0 atom stereocenters. The summed E-state index contributed by atoms with van der Waals surface area (Å²) in [7, 11) is 1.63. The summed E-state index contributed by atoms with van der Waals surface area (Å²) in [4.78, 5) is 29.8. The highest BCUT2D eigenvalue weighted by atomic mass is 16.5. The Morgan fingerprint density at radius 3 is 2.47 bits per heavy atom. The smallest absolute Gasteiger partial charge is 0.326 e. The maximum atomic E-state index is 13.0. The van der Waals surface area contributed by atoms with Crippen molar-refractivity contribution in [1.82, 2.24) is 9.55 Å². The third-order valence-corrected chi connectivity index (χ3v) is 4.47. The average Bonchev–Trinajstić information content (AvgIpc) is 2.79. The maximum absolute atomic E-state index is 13.0. The van der Waals surface area contributed by atoms with Gasteiger partial charge in [-0.2, -0.15) is 0 Å². The van der Waals surface area contributed by atoms with E-state index in [2.05, 4.69) is 10.3 Å². The number of methoxy groups -OCH3 is 1. The first-order valence-corrected chi connectivity index (χ1v) is 9.76. The molecule has 0 spiro atoms. The molecule has 0 aliphatic rings. The fourth-order valence-corrected chi connectivity index (χ4v) is 2.94. The van der Waals surface area contributed by atoms with Gasteiger partial charge in [-0.1, -0.05) is 60.7 Å². The van der Waals surface area contributed by atoms with Gasteiger partial charge in [0.2, 0.25) is 0 Å². The fourth-order valence-electron chi connectivity index (χ4n) is 2.94. The topological polar surface area (TPSA) is 82.4 Å². The monoisotopic (exact) mass is 407 g/mol. The Bertz CT molecular complexity index is 1000. The first-order valence-electron chi connectivity index (χ1n) is 9.76. The molecule has 3 rings (SSSR count). The number of nitrogens with zero attached hydrogens (tertiary/aromatic N) is 2. The zero-order valence-electron chi connectivity index (χ0n) is 16.9. The third kappa shape index (κ3) is 5.78. The number of hydrogen-bond acceptors (Lipinski definition) is 6. The van der Waals surface area contributed by atoms with Gasteiger partial charge in [-0.25, -0.2) is 4.98 Å². The molecule has 7 heteroatoms. The van der Waals surface area contributed by atoms with Crippen molar-refractivity contribution in [1.29, 1.82) is 0 Å². The molecule has 1 N–H and O–H groups in total. The Morgan fingerprint density at radius 2 is 1.77 bits per heavy atom. The molecule has 30 heavy (non-hydrogen) atoms. The molecule has 0 amide bonds. The number of hydrogen-bond donors (Lipinski definition) is 1. The molecule has 156 valence electrons. The van der Waals surface area contributed by atoms with E-state index in [0.717, 1.165) is 17.5 Å². The van der Waals surface area contributed by atoms with Gasteiger partial charge in [0.05, 0.1) is 11.9 Å². The highest BCUT2D eigenvalue weighted by molar-refractivity contribution is 5.71. The predicted molar refractivity (Wildman–Crippen MR) is 115 cm³/mol. The zero-order valence-corrected chi connectivity index (χ0v) is 16.9. The summed E-state index contributed by atoms with van der Waals surface area (Å²) in [5, 5.41) is 3.02. The van der Waals surface area contributed by atoms with Crippen LogP contribution in [0.25, 0.3) is 11.3 Å². The zero-order chi connectivity index (χ0) is 21.2. The van der Waals surface area contributed by atoms with Gasteiger partial charge < -0.3 is 14.8 Å². The van der Waals surface area contributed by atoms with Crippen LogP contribution in [0, 0.1) is 0 Å². The summed E-state index contributed by atoms with van der Waals surface area (Å²) >= 11 is 0. The second-order valence-corrected chi connectivity index (χ2v) is 6.67. The lowest BCUT2D eigenvalue weighted by molar-refractivity contribution is -0.145. The minimum Gasteiger partial charge on any atom is -0.459 e. The molecule has 0 aliphatic carbocycles. The van der Waals surface area contributed by atoms with Gasteiger partial charge in [-0.05, 0) is 17.5 Å². The van der Waals surface area contributed by atoms with Gasteiger partial charge in [0.15, 0.2) is 5.82 Å². The Hall–Kier alpha value is -3.45. The Kier molecular flexibility index (Phi) is 7.74. The van der Waals surface area contributed by atoms with E-state index in [1.54, 1.807) is 13.3 Å². The van der Waals surface area contributed by atoms with Crippen LogP contribution in [0.3, 0.4) is 0 Å². The summed E-state index contributed by atoms with van der Waals surface area (Å²) in [6.45, 7) is 1.07. The molecule has 0 fully saturated rings. The molecular weight excluding hydrogens is 382 g/mol. The SMILES string of the molecule is COCCCNc1ncc(-c2ccccc2)n(CC(=O)OCc2ccccc2)c1=O. The standard InChI is InChI=1S/C23H25N3O4/c1-29-14-8-13-24-22-23(28)26(20(15-25-22)19-11-6-3-7-12-19)16-21(27)30-17-18-9-4-2-5-10-18/h2-7,9-12,15H,8,13-14,16-17H2,1H3,(H,24,25). The van der Waals surface area contributed by atoms with Crippen LogP contribution in [0.4, 0.5) is 5.82 Å². The van der Waals surface area contributed by atoms with Crippen molar-refractivity contribution < 1.29 is 14.3 Å². The van der Waals surface area contributed by atoms with E-state index in [1.165, 1.54) is 4.57 Å². The van der Waals surface area contributed by atoms with Crippen molar-refractivity contribution in [3.8, 4) is 11.3 Å². The predicted octanol–water partition coefficient (Wildman–Crippen LogP) is 3.10. The maximum Gasteiger partial charge on any atom is 0.326 e. The van der Waals surface area contributed by atoms with Crippen LogP contribution < -0.4 is 10.9 Å². The van der Waals surface area contributed by atoms with Crippen molar-refractivity contribution in [2.24, 2.45) is 0 Å². The number of ether oxygens (including phenoxy) is 2. The third-order valence-electron chi connectivity index (χ3n) is 4.47. The van der Waals surface area contributed by atoms with Crippen molar-refractivity contribution in [3.05, 3.63) is 82.8 Å². The number of carbonyl (C=O) groups excluding carboxylic acids is 1. The normalized spacial score (nSPS) is 10.6. The van der Waals surface area contributed by atoms with Crippen LogP contribution in [0.1, 0.15) is 12.0 Å². The van der Waals surface area contributed by atoms with Crippen LogP contribution in [0.15, 0.2) is 71.7 Å². The minimum absolute atomic E-state index is 0.155. The van der Waals surface area contributed by atoms with Crippen LogP contribution >= 0.6 is 0 Å². The lowest BCUT2D eigenvalue weighted by Gasteiger charge is -2.14. The summed E-state index contributed by atoms with van der Waals surface area (Å²) in [5.41, 5.74) is 1.87.